The van der Waals surface area contributed by atoms with Gasteiger partial charge in [-0.25, -0.2) is 9.78 Å². The molecule has 0 aliphatic heterocycles. The molecule has 122 valence electrons. The molecular formula is C18H18N4O2. The van der Waals surface area contributed by atoms with Gasteiger partial charge in [-0.3, -0.25) is 13.9 Å². The molecule has 3 rings (SSSR count). The van der Waals surface area contributed by atoms with Gasteiger partial charge in [0.2, 0.25) is 0 Å². The normalized spacial score (nSPS) is 10.7. The lowest BCUT2D eigenvalue weighted by Crippen LogP contribution is -2.39. The smallest absolute Gasteiger partial charge is 0.314 e. The van der Waals surface area contributed by atoms with Gasteiger partial charge in [0.15, 0.2) is 17.0 Å². The van der Waals surface area contributed by atoms with Crippen LogP contribution in [0.2, 0.25) is 0 Å². The van der Waals surface area contributed by atoms with E-state index in [1.807, 2.05) is 31.2 Å². The number of fused-ring (bicyclic) bond motifs is 1. The molecule has 0 unspecified atom stereocenters. The van der Waals surface area contributed by atoms with Crippen LogP contribution in [0.5, 0.6) is 0 Å². The van der Waals surface area contributed by atoms with Gasteiger partial charge < -0.3 is 4.57 Å². The maximum Gasteiger partial charge on any atom is 0.332 e. The molecular weight excluding hydrogens is 304 g/mol. The predicted molar refractivity (Wildman–Crippen MR) is 93.0 cm³/mol. The third kappa shape index (κ3) is 2.44. The fraction of sp³-hybridized carbons (Fsp3) is 0.278. The van der Waals surface area contributed by atoms with Gasteiger partial charge in [0.1, 0.15) is 0 Å². The van der Waals surface area contributed by atoms with E-state index in [1.54, 1.807) is 25.6 Å². The van der Waals surface area contributed by atoms with Crippen molar-refractivity contribution in [2.75, 3.05) is 0 Å². The molecule has 1 aromatic carbocycles. The Balaban J connectivity index is 2.24. The van der Waals surface area contributed by atoms with Crippen molar-refractivity contribution in [2.24, 2.45) is 14.1 Å². The van der Waals surface area contributed by atoms with Gasteiger partial charge >= 0.3 is 5.69 Å². The molecule has 0 spiro atoms. The Labute approximate surface area is 139 Å². The summed E-state index contributed by atoms with van der Waals surface area (Å²) < 4.78 is 4.23. The second-order valence-corrected chi connectivity index (χ2v) is 5.68. The number of benzene rings is 1. The molecule has 0 saturated heterocycles. The highest BCUT2D eigenvalue weighted by molar-refractivity contribution is 5.72. The van der Waals surface area contributed by atoms with E-state index in [0.29, 0.717) is 23.5 Å². The molecule has 6 heteroatoms. The van der Waals surface area contributed by atoms with Crippen LogP contribution in [-0.4, -0.2) is 18.7 Å². The maximum atomic E-state index is 12.5. The quantitative estimate of drug-likeness (QED) is 0.632. The van der Waals surface area contributed by atoms with Crippen LogP contribution in [0.3, 0.4) is 0 Å². The first-order valence-corrected chi connectivity index (χ1v) is 7.69. The third-order valence-electron chi connectivity index (χ3n) is 4.01. The molecule has 0 fully saturated rings. The van der Waals surface area contributed by atoms with Crippen molar-refractivity contribution in [1.82, 2.24) is 18.7 Å². The lowest BCUT2D eigenvalue weighted by atomic mass is 10.1. The summed E-state index contributed by atoms with van der Waals surface area (Å²) in [7, 11) is 3.35. The number of imidazole rings is 1. The van der Waals surface area contributed by atoms with E-state index < -0.39 is 0 Å². The molecule has 0 aliphatic rings. The average Bonchev–Trinajstić information content (AvgIpc) is 2.89. The lowest BCUT2D eigenvalue weighted by molar-refractivity contribution is 0.635. The number of aryl methyl sites for hydroxylation is 3. The SMILES string of the molecule is CCn1c(=O)c2c(nc(C#Cc3cccc(C)c3)n2C)n(C)c1=O. The second-order valence-electron chi connectivity index (χ2n) is 5.68. The van der Waals surface area contributed by atoms with Crippen LogP contribution in [-0.2, 0) is 20.6 Å². The maximum absolute atomic E-state index is 12.5. The highest BCUT2D eigenvalue weighted by atomic mass is 16.2. The second kappa shape index (κ2) is 5.85. The van der Waals surface area contributed by atoms with E-state index in [0.717, 1.165) is 11.1 Å². The van der Waals surface area contributed by atoms with Gasteiger partial charge in [-0.05, 0) is 37.5 Å². The summed E-state index contributed by atoms with van der Waals surface area (Å²) in [6.45, 7) is 4.09. The Hall–Kier alpha value is -3.07. The fourth-order valence-electron chi connectivity index (χ4n) is 2.69. The summed E-state index contributed by atoms with van der Waals surface area (Å²) in [5, 5.41) is 0. The molecule has 0 bridgehead atoms. The van der Waals surface area contributed by atoms with Crippen LogP contribution in [0.4, 0.5) is 0 Å². The summed E-state index contributed by atoms with van der Waals surface area (Å²) in [5.41, 5.74) is 2.03. The molecule has 0 atom stereocenters. The van der Waals surface area contributed by atoms with Crippen LogP contribution in [0.25, 0.3) is 11.2 Å². The zero-order valence-corrected chi connectivity index (χ0v) is 14.1. The van der Waals surface area contributed by atoms with Crippen LogP contribution in [0.15, 0.2) is 33.9 Å². The highest BCUT2D eigenvalue weighted by Gasteiger charge is 2.16. The first-order valence-electron chi connectivity index (χ1n) is 7.69. The molecule has 0 radical (unpaired) electrons. The van der Waals surface area contributed by atoms with E-state index in [-0.39, 0.29) is 11.2 Å². The molecule has 0 saturated carbocycles. The Morgan fingerprint density at radius 2 is 1.88 bits per heavy atom. The number of aromatic nitrogens is 4. The number of hydrogen-bond donors (Lipinski definition) is 0. The van der Waals surface area contributed by atoms with Gasteiger partial charge in [0.05, 0.1) is 0 Å². The summed E-state index contributed by atoms with van der Waals surface area (Å²) in [4.78, 5) is 29.1. The van der Waals surface area contributed by atoms with Crippen LogP contribution >= 0.6 is 0 Å². The summed E-state index contributed by atoms with van der Waals surface area (Å²) >= 11 is 0. The Morgan fingerprint density at radius 1 is 1.12 bits per heavy atom. The van der Waals surface area contributed by atoms with Gasteiger partial charge in [-0.2, -0.15) is 0 Å². The highest BCUT2D eigenvalue weighted by Crippen LogP contribution is 2.09. The molecule has 2 aromatic heterocycles. The van der Waals surface area contributed by atoms with Crippen molar-refractivity contribution in [3.63, 3.8) is 0 Å². The molecule has 2 heterocycles. The number of rotatable bonds is 1. The largest absolute Gasteiger partial charge is 0.332 e. The molecule has 3 aromatic rings. The minimum absolute atomic E-state index is 0.316. The van der Waals surface area contributed by atoms with Crippen LogP contribution < -0.4 is 11.2 Å². The van der Waals surface area contributed by atoms with E-state index in [9.17, 15) is 9.59 Å². The molecule has 0 amide bonds. The zero-order chi connectivity index (χ0) is 17.4. The van der Waals surface area contributed by atoms with E-state index >= 15 is 0 Å². The average molecular weight is 322 g/mol. The molecule has 0 aliphatic carbocycles. The van der Waals surface area contributed by atoms with Crippen molar-refractivity contribution >= 4 is 11.2 Å². The minimum atomic E-state index is -0.369. The summed E-state index contributed by atoms with van der Waals surface area (Å²) in [5.74, 6) is 6.50. The van der Waals surface area contributed by atoms with Gasteiger partial charge in [-0.1, -0.05) is 18.1 Å². The molecule has 6 nitrogen and oxygen atoms in total. The van der Waals surface area contributed by atoms with Crippen molar-refractivity contribution in [1.29, 1.82) is 0 Å². The first kappa shape index (κ1) is 15.8. The Morgan fingerprint density at radius 3 is 2.54 bits per heavy atom. The summed E-state index contributed by atoms with van der Waals surface area (Å²) in [6.07, 6.45) is 0. The van der Waals surface area contributed by atoms with E-state index in [2.05, 4.69) is 16.8 Å². The van der Waals surface area contributed by atoms with Gasteiger partial charge in [-0.15, -0.1) is 0 Å². The minimum Gasteiger partial charge on any atom is -0.314 e. The molecule has 24 heavy (non-hydrogen) atoms. The monoisotopic (exact) mass is 322 g/mol. The van der Waals surface area contributed by atoms with Gasteiger partial charge in [0, 0.05) is 26.2 Å². The van der Waals surface area contributed by atoms with Crippen molar-refractivity contribution in [3.8, 4) is 11.8 Å². The lowest BCUT2D eigenvalue weighted by Gasteiger charge is -2.05. The van der Waals surface area contributed by atoms with Gasteiger partial charge in [0.25, 0.3) is 5.56 Å². The fourth-order valence-corrected chi connectivity index (χ4v) is 2.69. The third-order valence-corrected chi connectivity index (χ3v) is 4.01. The Bertz CT molecular complexity index is 1120. The Kier molecular flexibility index (Phi) is 3.86. The van der Waals surface area contributed by atoms with E-state index in [1.165, 1.54) is 9.13 Å². The van der Waals surface area contributed by atoms with Crippen LogP contribution in [0.1, 0.15) is 23.9 Å². The summed E-state index contributed by atoms with van der Waals surface area (Å²) in [6, 6.07) is 7.85. The zero-order valence-electron chi connectivity index (χ0n) is 14.1. The van der Waals surface area contributed by atoms with Crippen molar-refractivity contribution in [3.05, 3.63) is 62.1 Å². The molecule has 0 N–H and O–H groups in total. The topological polar surface area (TPSA) is 61.8 Å². The van der Waals surface area contributed by atoms with E-state index in [4.69, 9.17) is 0 Å². The predicted octanol–water partition coefficient (Wildman–Crippen LogP) is 1.16. The number of nitrogens with zero attached hydrogens (tertiary/aromatic N) is 4. The van der Waals surface area contributed by atoms with Crippen molar-refractivity contribution in [2.45, 2.75) is 20.4 Å². The first-order chi connectivity index (χ1) is 11.4. The van der Waals surface area contributed by atoms with Crippen LogP contribution in [0, 0.1) is 18.8 Å². The van der Waals surface area contributed by atoms with Crippen molar-refractivity contribution < 1.29 is 0 Å². The number of hydrogen-bond acceptors (Lipinski definition) is 3. The standard InChI is InChI=1S/C18H18N4O2/c1-5-22-17(23)15-16(21(4)18(22)24)19-14(20(15)3)10-9-13-8-6-7-12(2)11-13/h6-8,11H,5H2,1-4H3.